The minimum absolute atomic E-state index is 0. The fourth-order valence-electron chi connectivity index (χ4n) is 2.78. The summed E-state index contributed by atoms with van der Waals surface area (Å²) < 4.78 is 5.12. The lowest BCUT2D eigenvalue weighted by Gasteiger charge is -2.27. The molecule has 3 rings (SSSR count). The summed E-state index contributed by atoms with van der Waals surface area (Å²) in [5.74, 6) is 0.993. The van der Waals surface area contributed by atoms with Crippen molar-refractivity contribution >= 4 is 29.9 Å². The van der Waals surface area contributed by atoms with Crippen LogP contribution in [0.2, 0.25) is 0 Å². The monoisotopic (exact) mass is 339 g/mol. The third-order valence-electron chi connectivity index (χ3n) is 4.31. The second-order valence-electron chi connectivity index (χ2n) is 5.87. The summed E-state index contributed by atoms with van der Waals surface area (Å²) in [6, 6.07) is 7.33. The standard InChI is InChI=1S/C16H21N3O3.ClH/c1-22-14-4-2-13(3-5-14)19-10-12(6-15(19)20)16(21)18-9-11-7-17-8-11;/h2-5,11-12,17H,6-10H2,1H3,(H,18,21);1H. The Labute approximate surface area is 142 Å². The Hall–Kier alpha value is -1.79. The van der Waals surface area contributed by atoms with E-state index in [1.54, 1.807) is 12.0 Å². The predicted octanol–water partition coefficient (Wildman–Crippen LogP) is 0.805. The van der Waals surface area contributed by atoms with E-state index < -0.39 is 0 Å². The van der Waals surface area contributed by atoms with Crippen LogP contribution in [0.1, 0.15) is 6.42 Å². The van der Waals surface area contributed by atoms with Crippen molar-refractivity contribution in [2.24, 2.45) is 11.8 Å². The van der Waals surface area contributed by atoms with Crippen LogP contribution in [0.25, 0.3) is 0 Å². The van der Waals surface area contributed by atoms with Crippen LogP contribution in [0.15, 0.2) is 24.3 Å². The number of methoxy groups -OCH3 is 1. The number of ether oxygens (including phenoxy) is 1. The molecular weight excluding hydrogens is 318 g/mol. The molecule has 126 valence electrons. The second kappa shape index (κ2) is 7.66. The summed E-state index contributed by atoms with van der Waals surface area (Å²) in [4.78, 5) is 26.0. The number of nitrogens with zero attached hydrogens (tertiary/aromatic N) is 1. The van der Waals surface area contributed by atoms with E-state index in [1.807, 2.05) is 24.3 Å². The first-order valence-electron chi connectivity index (χ1n) is 7.60. The van der Waals surface area contributed by atoms with Gasteiger partial charge in [-0.1, -0.05) is 0 Å². The molecule has 6 nitrogen and oxygen atoms in total. The van der Waals surface area contributed by atoms with Gasteiger partial charge in [0.05, 0.1) is 13.0 Å². The third kappa shape index (κ3) is 3.95. The molecule has 2 N–H and O–H groups in total. The third-order valence-corrected chi connectivity index (χ3v) is 4.31. The van der Waals surface area contributed by atoms with Crippen molar-refractivity contribution in [2.45, 2.75) is 6.42 Å². The molecule has 1 aromatic carbocycles. The summed E-state index contributed by atoms with van der Waals surface area (Å²) in [5.41, 5.74) is 0.810. The molecule has 2 saturated heterocycles. The van der Waals surface area contributed by atoms with Crippen LogP contribution in [0, 0.1) is 11.8 Å². The van der Waals surface area contributed by atoms with Crippen LogP contribution in [0.5, 0.6) is 5.75 Å². The zero-order valence-electron chi connectivity index (χ0n) is 13.1. The van der Waals surface area contributed by atoms with E-state index in [1.165, 1.54) is 0 Å². The molecule has 1 unspecified atom stereocenters. The SMILES string of the molecule is COc1ccc(N2CC(C(=O)NCC3CNC3)CC2=O)cc1.Cl. The van der Waals surface area contributed by atoms with Crippen molar-refractivity contribution in [2.75, 3.05) is 38.2 Å². The van der Waals surface area contributed by atoms with Gasteiger partial charge in [0.25, 0.3) is 0 Å². The second-order valence-corrected chi connectivity index (χ2v) is 5.87. The van der Waals surface area contributed by atoms with Gasteiger partial charge >= 0.3 is 0 Å². The van der Waals surface area contributed by atoms with E-state index in [-0.39, 0.29) is 36.6 Å². The molecule has 2 aliphatic rings. The number of hydrogen-bond donors (Lipinski definition) is 2. The van der Waals surface area contributed by atoms with Gasteiger partial charge in [-0.2, -0.15) is 0 Å². The van der Waals surface area contributed by atoms with Crippen molar-refractivity contribution in [1.82, 2.24) is 10.6 Å². The average Bonchev–Trinajstić information content (AvgIpc) is 2.88. The summed E-state index contributed by atoms with van der Waals surface area (Å²) in [6.07, 6.45) is 0.279. The molecule has 0 bridgehead atoms. The molecule has 23 heavy (non-hydrogen) atoms. The largest absolute Gasteiger partial charge is 0.497 e. The number of hydrogen-bond acceptors (Lipinski definition) is 4. The molecule has 2 fully saturated rings. The van der Waals surface area contributed by atoms with Crippen molar-refractivity contribution in [3.05, 3.63) is 24.3 Å². The summed E-state index contributed by atoms with van der Waals surface area (Å²) >= 11 is 0. The number of nitrogens with one attached hydrogen (secondary N) is 2. The fraction of sp³-hybridized carbons (Fsp3) is 0.500. The summed E-state index contributed by atoms with van der Waals surface area (Å²) in [6.45, 7) is 3.06. The Morgan fingerprint density at radius 3 is 2.61 bits per heavy atom. The highest BCUT2D eigenvalue weighted by atomic mass is 35.5. The molecule has 2 heterocycles. The lowest BCUT2D eigenvalue weighted by Crippen LogP contribution is -2.49. The average molecular weight is 340 g/mol. The van der Waals surface area contributed by atoms with Crippen molar-refractivity contribution < 1.29 is 14.3 Å². The number of halogens is 1. The van der Waals surface area contributed by atoms with Crippen molar-refractivity contribution in [3.8, 4) is 5.75 Å². The van der Waals surface area contributed by atoms with Crippen LogP contribution in [-0.2, 0) is 9.59 Å². The van der Waals surface area contributed by atoms with Crippen molar-refractivity contribution in [3.63, 3.8) is 0 Å². The van der Waals surface area contributed by atoms with Crippen LogP contribution >= 0.6 is 12.4 Å². The maximum Gasteiger partial charge on any atom is 0.227 e. The van der Waals surface area contributed by atoms with Crippen LogP contribution in [0.4, 0.5) is 5.69 Å². The molecule has 2 aliphatic heterocycles. The number of amides is 2. The highest BCUT2D eigenvalue weighted by Gasteiger charge is 2.35. The molecular formula is C16H22ClN3O3. The Morgan fingerprint density at radius 2 is 2.04 bits per heavy atom. The van der Waals surface area contributed by atoms with E-state index in [0.29, 0.717) is 19.0 Å². The number of anilines is 1. The molecule has 0 saturated carbocycles. The number of carbonyl (C=O) groups is 2. The summed E-state index contributed by atoms with van der Waals surface area (Å²) in [7, 11) is 1.61. The Balaban J connectivity index is 0.00000192. The van der Waals surface area contributed by atoms with Gasteiger partial charge in [-0.15, -0.1) is 12.4 Å². The first-order valence-corrected chi connectivity index (χ1v) is 7.60. The van der Waals surface area contributed by atoms with Gasteiger partial charge < -0.3 is 20.3 Å². The number of carbonyl (C=O) groups excluding carboxylic acids is 2. The van der Waals surface area contributed by atoms with Gasteiger partial charge in [0.1, 0.15) is 5.75 Å². The normalized spacial score (nSPS) is 20.7. The number of benzene rings is 1. The van der Waals surface area contributed by atoms with E-state index in [0.717, 1.165) is 24.5 Å². The molecule has 2 amide bonds. The quantitative estimate of drug-likeness (QED) is 0.832. The lowest BCUT2D eigenvalue weighted by molar-refractivity contribution is -0.126. The first kappa shape index (κ1) is 17.6. The van der Waals surface area contributed by atoms with E-state index in [9.17, 15) is 9.59 Å². The van der Waals surface area contributed by atoms with Gasteiger partial charge in [0.2, 0.25) is 11.8 Å². The van der Waals surface area contributed by atoms with E-state index in [4.69, 9.17) is 4.74 Å². The van der Waals surface area contributed by atoms with Crippen molar-refractivity contribution in [1.29, 1.82) is 0 Å². The van der Waals surface area contributed by atoms with Crippen LogP contribution < -0.4 is 20.3 Å². The Morgan fingerprint density at radius 1 is 1.35 bits per heavy atom. The fourth-order valence-corrected chi connectivity index (χ4v) is 2.78. The van der Waals surface area contributed by atoms with Crippen LogP contribution in [-0.4, -0.2) is 45.1 Å². The molecule has 1 aromatic rings. The maximum absolute atomic E-state index is 12.2. The van der Waals surface area contributed by atoms with E-state index >= 15 is 0 Å². The maximum atomic E-state index is 12.2. The first-order chi connectivity index (χ1) is 10.7. The van der Waals surface area contributed by atoms with Gasteiger partial charge in [0, 0.05) is 44.2 Å². The Bertz CT molecular complexity index is 560. The topological polar surface area (TPSA) is 70.7 Å². The molecule has 1 atom stereocenters. The number of rotatable bonds is 5. The van der Waals surface area contributed by atoms with Gasteiger partial charge in [-0.25, -0.2) is 0 Å². The lowest BCUT2D eigenvalue weighted by atomic mass is 10.0. The Kier molecular flexibility index (Phi) is 5.85. The van der Waals surface area contributed by atoms with Gasteiger partial charge in [-0.3, -0.25) is 9.59 Å². The summed E-state index contributed by atoms with van der Waals surface area (Å²) in [5, 5.41) is 6.14. The van der Waals surface area contributed by atoms with Gasteiger partial charge in [0.15, 0.2) is 0 Å². The highest BCUT2D eigenvalue weighted by Crippen LogP contribution is 2.26. The van der Waals surface area contributed by atoms with Crippen LogP contribution in [0.3, 0.4) is 0 Å². The minimum Gasteiger partial charge on any atom is -0.497 e. The highest BCUT2D eigenvalue weighted by molar-refractivity contribution is 6.00. The molecule has 0 spiro atoms. The minimum atomic E-state index is -0.261. The molecule has 7 heteroatoms. The molecule has 0 aliphatic carbocycles. The zero-order valence-corrected chi connectivity index (χ0v) is 13.9. The smallest absolute Gasteiger partial charge is 0.227 e. The molecule has 0 radical (unpaired) electrons. The van der Waals surface area contributed by atoms with Gasteiger partial charge in [-0.05, 0) is 24.3 Å². The van der Waals surface area contributed by atoms with E-state index in [2.05, 4.69) is 10.6 Å². The zero-order chi connectivity index (χ0) is 15.5. The molecule has 0 aromatic heterocycles. The predicted molar refractivity (Wildman–Crippen MR) is 90.1 cm³/mol.